The maximum Gasteiger partial charge on any atom is 0.233 e. The Balaban J connectivity index is 1.17. The molecule has 0 spiro atoms. The number of aromatic nitrogens is 4. The number of H-pyrrole nitrogens is 1. The van der Waals surface area contributed by atoms with Crippen molar-refractivity contribution < 1.29 is 4.79 Å². The lowest BCUT2D eigenvalue weighted by Crippen LogP contribution is -2.39. The van der Waals surface area contributed by atoms with Crippen molar-refractivity contribution in [2.75, 3.05) is 18.8 Å². The van der Waals surface area contributed by atoms with E-state index >= 15 is 0 Å². The van der Waals surface area contributed by atoms with Crippen molar-refractivity contribution in [1.29, 1.82) is 0 Å². The number of thioether (sulfide) groups is 1. The SMILES string of the molecule is Cn1c(SCC(=O)N2CCC(Cc3ccccc3)CC2)nnc1-c1c[nH]c2ccccc12. The quantitative estimate of drug-likeness (QED) is 0.443. The number of carbonyl (C=O) groups is 1. The third kappa shape index (κ3) is 4.30. The predicted octanol–water partition coefficient (Wildman–Crippen LogP) is 4.54. The van der Waals surface area contributed by atoms with Crippen LogP contribution in [-0.4, -0.2) is 49.4 Å². The molecule has 2 aromatic carbocycles. The van der Waals surface area contributed by atoms with Crippen LogP contribution < -0.4 is 0 Å². The van der Waals surface area contributed by atoms with Crippen LogP contribution in [0.3, 0.4) is 0 Å². The maximum atomic E-state index is 12.8. The molecule has 0 bridgehead atoms. The number of hydrogen-bond acceptors (Lipinski definition) is 4. The van der Waals surface area contributed by atoms with Gasteiger partial charge in [0.2, 0.25) is 5.91 Å². The molecule has 1 aliphatic rings. The lowest BCUT2D eigenvalue weighted by Gasteiger charge is -2.32. The van der Waals surface area contributed by atoms with Crippen molar-refractivity contribution in [1.82, 2.24) is 24.6 Å². The van der Waals surface area contributed by atoms with E-state index < -0.39 is 0 Å². The van der Waals surface area contributed by atoms with Gasteiger partial charge < -0.3 is 14.5 Å². The molecule has 1 amide bonds. The molecule has 32 heavy (non-hydrogen) atoms. The fourth-order valence-corrected chi connectivity index (χ4v) is 5.30. The minimum absolute atomic E-state index is 0.185. The molecule has 0 aliphatic carbocycles. The summed E-state index contributed by atoms with van der Waals surface area (Å²) in [5, 5.41) is 10.6. The first-order chi connectivity index (χ1) is 15.7. The Morgan fingerprint density at radius 3 is 2.62 bits per heavy atom. The monoisotopic (exact) mass is 445 g/mol. The minimum Gasteiger partial charge on any atom is -0.360 e. The molecule has 2 aromatic heterocycles. The van der Waals surface area contributed by atoms with E-state index in [1.54, 1.807) is 0 Å². The van der Waals surface area contributed by atoms with Crippen LogP contribution in [0.5, 0.6) is 0 Å². The van der Waals surface area contributed by atoms with Gasteiger partial charge in [0.15, 0.2) is 11.0 Å². The zero-order valence-corrected chi connectivity index (χ0v) is 19.0. The highest BCUT2D eigenvalue weighted by Crippen LogP contribution is 2.29. The van der Waals surface area contributed by atoms with Gasteiger partial charge in [-0.15, -0.1) is 10.2 Å². The van der Waals surface area contributed by atoms with E-state index in [1.807, 2.05) is 40.9 Å². The molecule has 6 nitrogen and oxygen atoms in total. The smallest absolute Gasteiger partial charge is 0.233 e. The summed E-state index contributed by atoms with van der Waals surface area (Å²) in [6, 6.07) is 18.8. The van der Waals surface area contributed by atoms with Crippen LogP contribution in [0.4, 0.5) is 0 Å². The fraction of sp³-hybridized carbons (Fsp3) is 0.320. The van der Waals surface area contributed by atoms with Gasteiger partial charge in [0.25, 0.3) is 0 Å². The van der Waals surface area contributed by atoms with Crippen LogP contribution in [-0.2, 0) is 18.3 Å². The van der Waals surface area contributed by atoms with Crippen LogP contribution in [0.15, 0.2) is 66.0 Å². The van der Waals surface area contributed by atoms with Gasteiger partial charge in [-0.1, -0.05) is 60.3 Å². The second-order valence-corrected chi connectivity index (χ2v) is 9.36. The number of nitrogens with one attached hydrogen (secondary N) is 1. The average Bonchev–Trinajstić information content (AvgIpc) is 3.41. The van der Waals surface area contributed by atoms with Crippen molar-refractivity contribution in [3.63, 3.8) is 0 Å². The molecule has 0 saturated carbocycles. The van der Waals surface area contributed by atoms with Crippen molar-refractivity contribution in [2.45, 2.75) is 24.4 Å². The molecule has 3 heterocycles. The number of hydrogen-bond donors (Lipinski definition) is 1. The van der Waals surface area contributed by atoms with Gasteiger partial charge in [0, 0.05) is 42.8 Å². The van der Waals surface area contributed by atoms with Crippen molar-refractivity contribution in [3.05, 3.63) is 66.4 Å². The number of aromatic amines is 1. The van der Waals surface area contributed by atoms with Crippen LogP contribution in [0.2, 0.25) is 0 Å². The highest BCUT2D eigenvalue weighted by atomic mass is 32.2. The Labute approximate surface area is 192 Å². The van der Waals surface area contributed by atoms with Gasteiger partial charge >= 0.3 is 0 Å². The highest BCUT2D eigenvalue weighted by Gasteiger charge is 2.24. The molecule has 7 heteroatoms. The topological polar surface area (TPSA) is 66.8 Å². The summed E-state index contributed by atoms with van der Waals surface area (Å²) in [6.45, 7) is 1.69. The van der Waals surface area contributed by atoms with Crippen molar-refractivity contribution >= 4 is 28.6 Å². The molecule has 1 N–H and O–H groups in total. The van der Waals surface area contributed by atoms with E-state index in [2.05, 4.69) is 51.6 Å². The molecule has 5 rings (SSSR count). The zero-order chi connectivity index (χ0) is 21.9. The Bertz CT molecular complexity index is 1210. The number of carbonyl (C=O) groups excluding carboxylic acids is 1. The summed E-state index contributed by atoms with van der Waals surface area (Å²) >= 11 is 1.46. The van der Waals surface area contributed by atoms with E-state index in [1.165, 1.54) is 17.3 Å². The third-order valence-electron chi connectivity index (χ3n) is 6.32. The number of amides is 1. The lowest BCUT2D eigenvalue weighted by molar-refractivity contribution is -0.129. The molecule has 0 atom stereocenters. The largest absolute Gasteiger partial charge is 0.360 e. The highest BCUT2D eigenvalue weighted by molar-refractivity contribution is 7.99. The first-order valence-corrected chi connectivity index (χ1v) is 12.1. The minimum atomic E-state index is 0.185. The summed E-state index contributed by atoms with van der Waals surface area (Å²) in [5.74, 6) is 2.04. The van der Waals surface area contributed by atoms with E-state index in [4.69, 9.17) is 0 Å². The molecule has 1 aliphatic heterocycles. The molecule has 1 fully saturated rings. The van der Waals surface area contributed by atoms with Crippen molar-refractivity contribution in [3.8, 4) is 11.4 Å². The Hall–Kier alpha value is -3.06. The van der Waals surface area contributed by atoms with Crippen LogP contribution in [0, 0.1) is 5.92 Å². The number of benzene rings is 2. The number of piperidine rings is 1. The maximum absolute atomic E-state index is 12.8. The number of rotatable bonds is 6. The second kappa shape index (κ2) is 9.20. The molecular weight excluding hydrogens is 418 g/mol. The van der Waals surface area contributed by atoms with Gasteiger partial charge in [-0.05, 0) is 36.8 Å². The van der Waals surface area contributed by atoms with Gasteiger partial charge in [-0.3, -0.25) is 4.79 Å². The molecule has 4 aromatic rings. The number of nitrogens with zero attached hydrogens (tertiary/aromatic N) is 4. The zero-order valence-electron chi connectivity index (χ0n) is 18.2. The second-order valence-electron chi connectivity index (χ2n) is 8.42. The third-order valence-corrected chi connectivity index (χ3v) is 7.33. The fourth-order valence-electron chi connectivity index (χ4n) is 4.48. The van der Waals surface area contributed by atoms with Gasteiger partial charge in [-0.25, -0.2) is 0 Å². The lowest BCUT2D eigenvalue weighted by atomic mass is 9.90. The summed E-state index contributed by atoms with van der Waals surface area (Å²) in [7, 11) is 1.96. The van der Waals surface area contributed by atoms with Crippen molar-refractivity contribution in [2.24, 2.45) is 13.0 Å². The predicted molar refractivity (Wildman–Crippen MR) is 128 cm³/mol. The standard InChI is InChI=1S/C25H27N5OS/c1-29-24(21-16-26-22-10-6-5-9-20(21)22)27-28-25(29)32-17-23(31)30-13-11-19(12-14-30)15-18-7-3-2-4-8-18/h2-10,16,19,26H,11-15,17H2,1H3. The number of fused-ring (bicyclic) bond motifs is 1. The molecule has 1 saturated heterocycles. The molecular formula is C25H27N5OS. The first-order valence-electron chi connectivity index (χ1n) is 11.1. The normalized spacial score (nSPS) is 14.8. The van der Waals surface area contributed by atoms with E-state index in [0.29, 0.717) is 11.7 Å². The van der Waals surface area contributed by atoms with E-state index in [0.717, 1.165) is 59.8 Å². The summed E-state index contributed by atoms with van der Waals surface area (Å²) in [4.78, 5) is 18.1. The Morgan fingerprint density at radius 2 is 1.81 bits per heavy atom. The summed E-state index contributed by atoms with van der Waals surface area (Å²) in [6.07, 6.45) is 5.21. The number of likely N-dealkylation sites (tertiary alicyclic amines) is 1. The van der Waals surface area contributed by atoms with E-state index in [-0.39, 0.29) is 5.91 Å². The molecule has 0 unspecified atom stereocenters. The van der Waals surface area contributed by atoms with Crippen LogP contribution >= 0.6 is 11.8 Å². The Kier molecular flexibility index (Phi) is 5.99. The van der Waals surface area contributed by atoms with Gasteiger partial charge in [-0.2, -0.15) is 0 Å². The Morgan fingerprint density at radius 1 is 1.06 bits per heavy atom. The van der Waals surface area contributed by atoms with Crippen LogP contribution in [0.1, 0.15) is 18.4 Å². The van der Waals surface area contributed by atoms with E-state index in [9.17, 15) is 4.79 Å². The first kappa shape index (κ1) is 20.8. The number of para-hydroxylation sites is 1. The summed E-state index contributed by atoms with van der Waals surface area (Å²) < 4.78 is 1.97. The summed E-state index contributed by atoms with van der Waals surface area (Å²) in [5.41, 5.74) is 3.49. The van der Waals surface area contributed by atoms with Crippen LogP contribution in [0.25, 0.3) is 22.3 Å². The molecule has 0 radical (unpaired) electrons. The van der Waals surface area contributed by atoms with Gasteiger partial charge in [0.1, 0.15) is 0 Å². The van der Waals surface area contributed by atoms with Gasteiger partial charge in [0.05, 0.1) is 5.75 Å². The molecule has 164 valence electrons. The average molecular weight is 446 g/mol.